The molecule has 34 heavy (non-hydrogen) atoms. The van der Waals surface area contributed by atoms with Crippen LogP contribution in [0, 0.1) is 46.3 Å². The van der Waals surface area contributed by atoms with E-state index in [4.69, 9.17) is 9.47 Å². The molecule has 6 nitrogen and oxygen atoms in total. The predicted molar refractivity (Wildman–Crippen MR) is 124 cm³/mol. The Labute approximate surface area is 202 Å². The second-order valence-corrected chi connectivity index (χ2v) is 13.1. The maximum Gasteiger partial charge on any atom is 0.309 e. The van der Waals surface area contributed by atoms with Crippen LogP contribution in [0.1, 0.15) is 73.1 Å². The summed E-state index contributed by atoms with van der Waals surface area (Å²) in [5.74, 6) is 0.246. The molecule has 4 aliphatic carbocycles. The molecule has 3 saturated carbocycles. The maximum absolute atomic E-state index is 13.3. The third kappa shape index (κ3) is 2.53. The van der Waals surface area contributed by atoms with Gasteiger partial charge in [0.05, 0.1) is 23.0 Å². The molecule has 0 amide bonds. The maximum atomic E-state index is 13.3. The minimum absolute atomic E-state index is 0.0210. The highest BCUT2D eigenvalue weighted by Crippen LogP contribution is 2.72. The van der Waals surface area contributed by atoms with Gasteiger partial charge in [-0.15, -0.1) is 0 Å². The number of epoxide rings is 1. The molecule has 0 aromatic rings. The quantitative estimate of drug-likeness (QED) is 0.472. The normalized spacial score (nSPS) is 58.8. The SMILES string of the molecule is C[C@H]([C@H]1C[C@H](C)[C@@H](C)C(=O)O1)[C@@]1(O)CC[C@H]2[C@@H]3[C@@H]4O[C@@H]4[C@@]4(O)CC=CC(=O)[C@]4(C)[C@H]3CC[C@@]21C. The Morgan fingerprint density at radius 1 is 1.09 bits per heavy atom. The molecule has 5 fully saturated rings. The zero-order valence-corrected chi connectivity index (χ0v) is 21.1. The van der Waals surface area contributed by atoms with Gasteiger partial charge < -0.3 is 19.7 Å². The average molecular weight is 473 g/mol. The van der Waals surface area contributed by atoms with Crippen molar-refractivity contribution in [3.8, 4) is 0 Å². The molecular formula is C28H40O6. The summed E-state index contributed by atoms with van der Waals surface area (Å²) in [7, 11) is 0. The topological polar surface area (TPSA) is 96.4 Å². The second kappa shape index (κ2) is 6.95. The molecular weight excluding hydrogens is 432 g/mol. The van der Waals surface area contributed by atoms with Crippen molar-refractivity contribution in [2.75, 3.05) is 0 Å². The van der Waals surface area contributed by atoms with E-state index in [0.29, 0.717) is 12.8 Å². The van der Waals surface area contributed by atoms with Crippen LogP contribution in [0.3, 0.4) is 0 Å². The van der Waals surface area contributed by atoms with Crippen LogP contribution in [0.2, 0.25) is 0 Å². The highest BCUT2D eigenvalue weighted by atomic mass is 16.6. The number of aliphatic hydroxyl groups is 2. The van der Waals surface area contributed by atoms with Crippen LogP contribution in [-0.4, -0.2) is 51.5 Å². The van der Waals surface area contributed by atoms with Gasteiger partial charge in [0.15, 0.2) is 5.78 Å². The van der Waals surface area contributed by atoms with Gasteiger partial charge in [-0.05, 0) is 80.6 Å². The van der Waals surface area contributed by atoms with Crippen molar-refractivity contribution >= 4 is 11.8 Å². The smallest absolute Gasteiger partial charge is 0.309 e. The molecule has 0 radical (unpaired) electrons. The Morgan fingerprint density at radius 2 is 1.79 bits per heavy atom. The van der Waals surface area contributed by atoms with Crippen LogP contribution in [0.25, 0.3) is 0 Å². The van der Waals surface area contributed by atoms with Crippen LogP contribution in [0.15, 0.2) is 12.2 Å². The summed E-state index contributed by atoms with van der Waals surface area (Å²) < 4.78 is 12.1. The third-order valence-corrected chi connectivity index (χ3v) is 12.2. The number of allylic oxidation sites excluding steroid dienone is 1. The molecule has 6 aliphatic rings. The van der Waals surface area contributed by atoms with E-state index >= 15 is 0 Å². The number of fused-ring (bicyclic) bond motifs is 8. The number of esters is 1. The summed E-state index contributed by atoms with van der Waals surface area (Å²) in [6.07, 6.45) is 7.21. The zero-order chi connectivity index (χ0) is 24.4. The molecule has 6 rings (SSSR count). The first-order chi connectivity index (χ1) is 15.9. The molecule has 2 heterocycles. The van der Waals surface area contributed by atoms with Gasteiger partial charge >= 0.3 is 5.97 Å². The van der Waals surface area contributed by atoms with E-state index in [-0.39, 0.29) is 71.0 Å². The number of ether oxygens (including phenoxy) is 2. The van der Waals surface area contributed by atoms with E-state index in [9.17, 15) is 19.8 Å². The summed E-state index contributed by atoms with van der Waals surface area (Å²) in [6, 6.07) is 0. The zero-order valence-electron chi connectivity index (χ0n) is 21.1. The van der Waals surface area contributed by atoms with E-state index < -0.39 is 16.6 Å². The fraction of sp³-hybridized carbons (Fsp3) is 0.857. The number of carbonyl (C=O) groups excluding carboxylic acids is 2. The Hall–Kier alpha value is -1.24. The number of hydrogen-bond donors (Lipinski definition) is 2. The standard InChI is InChI=1S/C28H40O6/c1-14-13-19(33-24(30)15(14)2)16(3)27(31)12-9-17-21-18(8-11-25(17,27)4)26(5)20(29)7-6-10-28(26,32)23-22(21)34-23/h6-7,14-19,21-23,31-32H,8-13H2,1-5H3/t14-,15+,16+,17-,18-,19+,21-,22-,23-,25-,26-,27-,28-/m0/s1. The number of carbonyl (C=O) groups is 2. The largest absolute Gasteiger partial charge is 0.462 e. The van der Waals surface area contributed by atoms with Crippen molar-refractivity contribution in [1.29, 1.82) is 0 Å². The van der Waals surface area contributed by atoms with Crippen molar-refractivity contribution in [1.82, 2.24) is 0 Å². The third-order valence-electron chi connectivity index (χ3n) is 12.2. The van der Waals surface area contributed by atoms with Crippen LogP contribution >= 0.6 is 0 Å². The molecule has 2 N–H and O–H groups in total. The van der Waals surface area contributed by atoms with Crippen LogP contribution < -0.4 is 0 Å². The van der Waals surface area contributed by atoms with Crippen molar-refractivity contribution in [3.05, 3.63) is 12.2 Å². The minimum atomic E-state index is -1.14. The second-order valence-electron chi connectivity index (χ2n) is 13.1. The molecule has 2 aliphatic heterocycles. The highest BCUT2D eigenvalue weighted by molar-refractivity contribution is 5.97. The minimum Gasteiger partial charge on any atom is -0.462 e. The summed E-state index contributed by atoms with van der Waals surface area (Å²) in [5, 5.41) is 24.0. The van der Waals surface area contributed by atoms with Crippen molar-refractivity contribution in [2.24, 2.45) is 46.3 Å². The van der Waals surface area contributed by atoms with E-state index in [1.165, 1.54) is 0 Å². The lowest BCUT2D eigenvalue weighted by atomic mass is 9.43. The molecule has 13 atom stereocenters. The molecule has 0 spiro atoms. The Morgan fingerprint density at radius 3 is 2.50 bits per heavy atom. The van der Waals surface area contributed by atoms with E-state index in [2.05, 4.69) is 20.8 Å². The Bertz CT molecular complexity index is 961. The monoisotopic (exact) mass is 472 g/mol. The summed E-state index contributed by atoms with van der Waals surface area (Å²) >= 11 is 0. The van der Waals surface area contributed by atoms with Crippen molar-refractivity contribution in [3.63, 3.8) is 0 Å². The molecule has 0 aromatic heterocycles. The first kappa shape index (κ1) is 23.2. The Kier molecular flexibility index (Phi) is 4.74. The van der Waals surface area contributed by atoms with Gasteiger partial charge in [-0.1, -0.05) is 33.8 Å². The fourth-order valence-corrected chi connectivity index (χ4v) is 9.51. The summed E-state index contributed by atoms with van der Waals surface area (Å²) in [6.45, 7) is 10.3. The van der Waals surface area contributed by atoms with E-state index in [0.717, 1.165) is 25.7 Å². The molecule has 188 valence electrons. The van der Waals surface area contributed by atoms with E-state index in [1.807, 2.05) is 13.8 Å². The van der Waals surface area contributed by atoms with Crippen LogP contribution in [0.5, 0.6) is 0 Å². The molecule has 0 bridgehead atoms. The number of cyclic esters (lactones) is 1. The summed E-state index contributed by atoms with van der Waals surface area (Å²) in [5.41, 5.74) is -3.27. The number of hydrogen-bond acceptors (Lipinski definition) is 6. The van der Waals surface area contributed by atoms with Crippen molar-refractivity contribution in [2.45, 2.75) is 103 Å². The van der Waals surface area contributed by atoms with Gasteiger partial charge in [-0.3, -0.25) is 9.59 Å². The summed E-state index contributed by atoms with van der Waals surface area (Å²) in [4.78, 5) is 25.8. The van der Waals surface area contributed by atoms with Gasteiger partial charge in [0.1, 0.15) is 17.8 Å². The molecule has 6 heteroatoms. The lowest BCUT2D eigenvalue weighted by Crippen LogP contribution is -2.68. The van der Waals surface area contributed by atoms with Gasteiger partial charge in [-0.2, -0.15) is 0 Å². The predicted octanol–water partition coefficient (Wildman–Crippen LogP) is 3.43. The number of ketones is 1. The lowest BCUT2D eigenvalue weighted by molar-refractivity contribution is -0.207. The molecule has 2 saturated heterocycles. The molecule has 0 aromatic carbocycles. The van der Waals surface area contributed by atoms with Gasteiger partial charge in [-0.25, -0.2) is 0 Å². The fourth-order valence-electron chi connectivity index (χ4n) is 9.51. The van der Waals surface area contributed by atoms with Gasteiger partial charge in [0.2, 0.25) is 0 Å². The first-order valence-corrected chi connectivity index (χ1v) is 13.4. The molecule has 0 unspecified atom stereocenters. The lowest BCUT2D eigenvalue weighted by Gasteiger charge is -2.61. The highest BCUT2D eigenvalue weighted by Gasteiger charge is 2.78. The van der Waals surface area contributed by atoms with Gasteiger partial charge in [0.25, 0.3) is 0 Å². The van der Waals surface area contributed by atoms with Crippen LogP contribution in [-0.2, 0) is 19.1 Å². The van der Waals surface area contributed by atoms with E-state index in [1.54, 1.807) is 12.2 Å². The van der Waals surface area contributed by atoms with Gasteiger partial charge in [0, 0.05) is 5.92 Å². The Balaban J connectivity index is 1.33. The van der Waals surface area contributed by atoms with Crippen LogP contribution in [0.4, 0.5) is 0 Å². The number of rotatable bonds is 2. The van der Waals surface area contributed by atoms with Crippen molar-refractivity contribution < 1.29 is 29.3 Å². The first-order valence-electron chi connectivity index (χ1n) is 13.4. The average Bonchev–Trinajstić information content (AvgIpc) is 3.55.